The van der Waals surface area contributed by atoms with Gasteiger partial charge in [-0.3, -0.25) is 4.79 Å². The van der Waals surface area contributed by atoms with Crippen LogP contribution in [0.4, 0.5) is 0 Å². The Hall–Kier alpha value is -1.43. The van der Waals surface area contributed by atoms with Crippen LogP contribution in [-0.2, 0) is 4.79 Å². The standard InChI is InChI=1S/C12H13NO4S/c14-10(9-2-1-5-17-9)13-8(12(15)16)6-18-11(13)7-3-4-7/h1-2,5,7-8,11H,3-4,6H2,(H,15,16). The maximum absolute atomic E-state index is 12.3. The summed E-state index contributed by atoms with van der Waals surface area (Å²) < 4.78 is 5.09. The van der Waals surface area contributed by atoms with Gasteiger partial charge in [0.2, 0.25) is 0 Å². The zero-order valence-corrected chi connectivity index (χ0v) is 10.4. The van der Waals surface area contributed by atoms with Gasteiger partial charge in [-0.15, -0.1) is 11.8 Å². The number of nitrogens with zero attached hydrogens (tertiary/aromatic N) is 1. The minimum atomic E-state index is -0.939. The first-order valence-electron chi connectivity index (χ1n) is 5.89. The number of carbonyl (C=O) groups is 2. The van der Waals surface area contributed by atoms with Crippen LogP contribution in [0.1, 0.15) is 23.4 Å². The fourth-order valence-electron chi connectivity index (χ4n) is 2.25. The minimum absolute atomic E-state index is 0.0105. The quantitative estimate of drug-likeness (QED) is 0.901. The molecule has 3 rings (SSSR count). The van der Waals surface area contributed by atoms with Gasteiger partial charge in [0.25, 0.3) is 5.91 Å². The third-order valence-corrected chi connectivity index (χ3v) is 4.77. The van der Waals surface area contributed by atoms with Crippen LogP contribution in [-0.4, -0.2) is 39.1 Å². The molecule has 2 heterocycles. The molecule has 1 saturated heterocycles. The maximum atomic E-state index is 12.3. The highest BCUT2D eigenvalue weighted by atomic mass is 32.2. The van der Waals surface area contributed by atoms with Crippen molar-refractivity contribution in [3.05, 3.63) is 24.2 Å². The lowest BCUT2D eigenvalue weighted by molar-refractivity contribution is -0.141. The second-order valence-electron chi connectivity index (χ2n) is 4.61. The SMILES string of the molecule is O=C(O)C1CSC(C2CC2)N1C(=O)c1ccco1. The van der Waals surface area contributed by atoms with Crippen LogP contribution in [0, 0.1) is 5.92 Å². The Morgan fingerprint density at radius 3 is 2.78 bits per heavy atom. The van der Waals surface area contributed by atoms with E-state index < -0.39 is 12.0 Å². The average molecular weight is 267 g/mol. The highest BCUT2D eigenvalue weighted by Crippen LogP contribution is 2.45. The first kappa shape index (κ1) is 11.6. The second kappa shape index (κ2) is 4.35. The first-order valence-corrected chi connectivity index (χ1v) is 6.94. The zero-order valence-electron chi connectivity index (χ0n) is 9.61. The Labute approximate surface area is 108 Å². The lowest BCUT2D eigenvalue weighted by atomic mass is 10.2. The van der Waals surface area contributed by atoms with E-state index in [1.54, 1.807) is 23.9 Å². The predicted octanol–water partition coefficient (Wildman–Crippen LogP) is 1.66. The normalized spacial score (nSPS) is 27.4. The van der Waals surface area contributed by atoms with E-state index in [1.807, 2.05) is 0 Å². The molecule has 2 aliphatic rings. The van der Waals surface area contributed by atoms with Gasteiger partial charge in [-0.25, -0.2) is 4.79 Å². The number of carboxylic acids is 1. The number of hydrogen-bond donors (Lipinski definition) is 1. The molecule has 1 aliphatic heterocycles. The van der Waals surface area contributed by atoms with Crippen LogP contribution in [0.15, 0.2) is 22.8 Å². The Kier molecular flexibility index (Phi) is 2.81. The van der Waals surface area contributed by atoms with Crippen molar-refractivity contribution in [3.8, 4) is 0 Å². The molecule has 0 bridgehead atoms. The molecule has 1 aliphatic carbocycles. The molecule has 96 valence electrons. The van der Waals surface area contributed by atoms with E-state index >= 15 is 0 Å². The van der Waals surface area contributed by atoms with Crippen LogP contribution < -0.4 is 0 Å². The van der Waals surface area contributed by atoms with E-state index in [1.165, 1.54) is 11.2 Å². The highest BCUT2D eigenvalue weighted by Gasteiger charge is 2.48. The van der Waals surface area contributed by atoms with Gasteiger partial charge in [-0.1, -0.05) is 0 Å². The number of furan rings is 1. The van der Waals surface area contributed by atoms with E-state index in [-0.39, 0.29) is 17.0 Å². The molecule has 1 saturated carbocycles. The third kappa shape index (κ3) is 1.90. The van der Waals surface area contributed by atoms with Crippen molar-refractivity contribution in [2.45, 2.75) is 24.3 Å². The van der Waals surface area contributed by atoms with Gasteiger partial charge >= 0.3 is 5.97 Å². The number of carbonyl (C=O) groups excluding carboxylic acids is 1. The summed E-state index contributed by atoms with van der Waals surface area (Å²) >= 11 is 1.57. The summed E-state index contributed by atoms with van der Waals surface area (Å²) in [5.41, 5.74) is 0. The number of aliphatic carboxylic acids is 1. The number of thioether (sulfide) groups is 1. The van der Waals surface area contributed by atoms with Gasteiger partial charge in [-0.05, 0) is 30.9 Å². The average Bonchev–Trinajstić information content (AvgIpc) is 2.91. The van der Waals surface area contributed by atoms with Gasteiger partial charge in [-0.2, -0.15) is 0 Å². The Morgan fingerprint density at radius 2 is 2.22 bits per heavy atom. The highest BCUT2D eigenvalue weighted by molar-refractivity contribution is 8.00. The molecule has 0 spiro atoms. The molecule has 1 amide bonds. The summed E-state index contributed by atoms with van der Waals surface area (Å²) in [6, 6.07) is 2.48. The summed E-state index contributed by atoms with van der Waals surface area (Å²) in [7, 11) is 0. The molecule has 2 unspecified atom stereocenters. The molecule has 1 aromatic rings. The van der Waals surface area contributed by atoms with Crippen LogP contribution in [0.2, 0.25) is 0 Å². The topological polar surface area (TPSA) is 70.8 Å². The van der Waals surface area contributed by atoms with Crippen molar-refractivity contribution in [2.75, 3.05) is 5.75 Å². The summed E-state index contributed by atoms with van der Waals surface area (Å²) in [4.78, 5) is 25.0. The maximum Gasteiger partial charge on any atom is 0.327 e. The summed E-state index contributed by atoms with van der Waals surface area (Å²) in [5, 5.41) is 9.20. The largest absolute Gasteiger partial charge is 0.480 e. The Balaban J connectivity index is 1.88. The fourth-order valence-corrected chi connectivity index (χ4v) is 3.88. The van der Waals surface area contributed by atoms with Gasteiger partial charge in [0.15, 0.2) is 5.76 Å². The third-order valence-electron chi connectivity index (χ3n) is 3.31. The van der Waals surface area contributed by atoms with E-state index in [9.17, 15) is 14.7 Å². The van der Waals surface area contributed by atoms with Crippen molar-refractivity contribution in [2.24, 2.45) is 5.92 Å². The summed E-state index contributed by atoms with van der Waals surface area (Å²) in [5.74, 6) is -0.129. The zero-order chi connectivity index (χ0) is 12.7. The molecule has 6 heteroatoms. The van der Waals surface area contributed by atoms with E-state index in [0.29, 0.717) is 11.7 Å². The monoisotopic (exact) mass is 267 g/mol. The number of rotatable bonds is 3. The molecular formula is C12H13NO4S. The van der Waals surface area contributed by atoms with Crippen LogP contribution >= 0.6 is 11.8 Å². The van der Waals surface area contributed by atoms with Gasteiger partial charge < -0.3 is 14.4 Å². The summed E-state index contributed by atoms with van der Waals surface area (Å²) in [6.45, 7) is 0. The van der Waals surface area contributed by atoms with Crippen LogP contribution in [0.3, 0.4) is 0 Å². The Morgan fingerprint density at radius 1 is 1.44 bits per heavy atom. The molecule has 5 nitrogen and oxygen atoms in total. The van der Waals surface area contributed by atoms with E-state index in [2.05, 4.69) is 0 Å². The van der Waals surface area contributed by atoms with Crippen LogP contribution in [0.25, 0.3) is 0 Å². The van der Waals surface area contributed by atoms with Crippen LogP contribution in [0.5, 0.6) is 0 Å². The predicted molar refractivity (Wildman–Crippen MR) is 65.3 cm³/mol. The van der Waals surface area contributed by atoms with Crippen molar-refractivity contribution < 1.29 is 19.1 Å². The van der Waals surface area contributed by atoms with Gasteiger partial charge in [0, 0.05) is 5.75 Å². The van der Waals surface area contributed by atoms with Crippen molar-refractivity contribution >= 4 is 23.6 Å². The van der Waals surface area contributed by atoms with E-state index in [4.69, 9.17) is 4.42 Å². The molecule has 2 fully saturated rings. The number of hydrogen-bond acceptors (Lipinski definition) is 4. The molecule has 1 N–H and O–H groups in total. The van der Waals surface area contributed by atoms with E-state index in [0.717, 1.165) is 12.8 Å². The van der Waals surface area contributed by atoms with Gasteiger partial charge in [0.05, 0.1) is 11.6 Å². The number of carboxylic acid groups (broad SMARTS) is 1. The molecule has 2 atom stereocenters. The fraction of sp³-hybridized carbons (Fsp3) is 0.500. The summed E-state index contributed by atoms with van der Waals surface area (Å²) in [6.07, 6.45) is 3.58. The second-order valence-corrected chi connectivity index (χ2v) is 5.75. The first-order chi connectivity index (χ1) is 8.68. The molecule has 0 aromatic carbocycles. The molecule has 1 aromatic heterocycles. The minimum Gasteiger partial charge on any atom is -0.480 e. The molecule has 0 radical (unpaired) electrons. The Bertz CT molecular complexity index is 468. The van der Waals surface area contributed by atoms with Crippen molar-refractivity contribution in [1.82, 2.24) is 4.90 Å². The number of amides is 1. The van der Waals surface area contributed by atoms with Gasteiger partial charge in [0.1, 0.15) is 6.04 Å². The van der Waals surface area contributed by atoms with Crippen molar-refractivity contribution in [3.63, 3.8) is 0 Å². The molecular weight excluding hydrogens is 254 g/mol. The van der Waals surface area contributed by atoms with Crippen molar-refractivity contribution in [1.29, 1.82) is 0 Å². The smallest absolute Gasteiger partial charge is 0.327 e. The molecule has 18 heavy (non-hydrogen) atoms. The lowest BCUT2D eigenvalue weighted by Crippen LogP contribution is -2.46. The lowest BCUT2D eigenvalue weighted by Gasteiger charge is -2.26.